The number of carboxylic acids is 1. The number of hydrogen-bond acceptors (Lipinski definition) is 5. The molecule has 2 N–H and O–H groups in total. The molecule has 0 aliphatic carbocycles. The van der Waals surface area contributed by atoms with Gasteiger partial charge in [0.1, 0.15) is 0 Å². The summed E-state index contributed by atoms with van der Waals surface area (Å²) in [5.41, 5.74) is 1.27. The fourth-order valence-electron chi connectivity index (χ4n) is 1.66. The van der Waals surface area contributed by atoms with Crippen LogP contribution in [0.2, 0.25) is 0 Å². The molecule has 0 unspecified atom stereocenters. The predicted molar refractivity (Wildman–Crippen MR) is 80.1 cm³/mol. The minimum Gasteiger partial charge on any atom is -0.481 e. The predicted octanol–water partition coefficient (Wildman–Crippen LogP) is 2.27. The van der Waals surface area contributed by atoms with E-state index in [4.69, 9.17) is 5.11 Å². The van der Waals surface area contributed by atoms with Crippen molar-refractivity contribution in [3.05, 3.63) is 41.0 Å². The SMILES string of the molecule is Cc1ncc(S(=O)(=O)Nc2ccc(CCC(=O)O)cc2)s1. The van der Waals surface area contributed by atoms with Gasteiger partial charge in [-0.3, -0.25) is 9.52 Å². The van der Waals surface area contributed by atoms with E-state index in [0.29, 0.717) is 17.1 Å². The molecule has 2 rings (SSSR count). The van der Waals surface area contributed by atoms with Gasteiger partial charge in [-0.1, -0.05) is 12.1 Å². The van der Waals surface area contributed by atoms with Crippen LogP contribution in [0.25, 0.3) is 0 Å². The third kappa shape index (κ3) is 4.27. The number of rotatable bonds is 6. The molecule has 0 aliphatic rings. The van der Waals surface area contributed by atoms with Crippen molar-refractivity contribution in [1.29, 1.82) is 0 Å². The normalized spacial score (nSPS) is 11.3. The molecule has 1 aromatic heterocycles. The largest absolute Gasteiger partial charge is 0.481 e. The highest BCUT2D eigenvalue weighted by molar-refractivity contribution is 7.94. The quantitative estimate of drug-likeness (QED) is 0.849. The van der Waals surface area contributed by atoms with Crippen molar-refractivity contribution in [2.75, 3.05) is 4.72 Å². The Morgan fingerprint density at radius 1 is 1.33 bits per heavy atom. The van der Waals surface area contributed by atoms with E-state index in [9.17, 15) is 13.2 Å². The van der Waals surface area contributed by atoms with Gasteiger partial charge in [0, 0.05) is 12.1 Å². The number of aryl methyl sites for hydroxylation is 2. The number of anilines is 1. The van der Waals surface area contributed by atoms with Crippen LogP contribution in [0.15, 0.2) is 34.7 Å². The standard InChI is InChI=1S/C13H14N2O4S2/c1-9-14-8-13(20-9)21(18,19)15-11-5-2-10(3-6-11)4-7-12(16)17/h2-3,5-6,8,15H,4,7H2,1H3,(H,16,17). The number of nitrogens with zero attached hydrogens (tertiary/aromatic N) is 1. The van der Waals surface area contributed by atoms with Crippen LogP contribution in [-0.4, -0.2) is 24.5 Å². The first kappa shape index (κ1) is 15.5. The van der Waals surface area contributed by atoms with E-state index >= 15 is 0 Å². The Kier molecular flexibility index (Phi) is 4.59. The van der Waals surface area contributed by atoms with Gasteiger partial charge in [0.15, 0.2) is 4.21 Å². The molecule has 0 atom stereocenters. The first-order valence-corrected chi connectivity index (χ1v) is 8.43. The molecule has 0 aliphatic heterocycles. The Hall–Kier alpha value is -1.93. The molecule has 0 bridgehead atoms. The van der Waals surface area contributed by atoms with E-state index in [2.05, 4.69) is 9.71 Å². The number of benzene rings is 1. The van der Waals surface area contributed by atoms with Crippen LogP contribution in [-0.2, 0) is 21.2 Å². The number of aliphatic carboxylic acids is 1. The second-order valence-corrected chi connectivity index (χ2v) is 7.54. The smallest absolute Gasteiger partial charge is 0.303 e. The fourth-order valence-corrected chi connectivity index (χ4v) is 3.83. The van der Waals surface area contributed by atoms with Crippen molar-refractivity contribution in [1.82, 2.24) is 4.98 Å². The first-order valence-electron chi connectivity index (χ1n) is 6.13. The lowest BCUT2D eigenvalue weighted by atomic mass is 10.1. The summed E-state index contributed by atoms with van der Waals surface area (Å²) < 4.78 is 26.8. The van der Waals surface area contributed by atoms with E-state index in [0.717, 1.165) is 16.9 Å². The van der Waals surface area contributed by atoms with Crippen molar-refractivity contribution in [2.45, 2.75) is 24.0 Å². The van der Waals surface area contributed by atoms with E-state index < -0.39 is 16.0 Å². The molecule has 1 heterocycles. The minimum atomic E-state index is -3.62. The van der Waals surface area contributed by atoms with Crippen LogP contribution in [0.1, 0.15) is 17.0 Å². The van der Waals surface area contributed by atoms with Crippen molar-refractivity contribution in [3.8, 4) is 0 Å². The Morgan fingerprint density at radius 2 is 2.00 bits per heavy atom. The number of carboxylic acid groups (broad SMARTS) is 1. The highest BCUT2D eigenvalue weighted by Crippen LogP contribution is 2.21. The number of nitrogens with one attached hydrogen (secondary N) is 1. The molecule has 8 heteroatoms. The summed E-state index contributed by atoms with van der Waals surface area (Å²) in [6.45, 7) is 1.74. The van der Waals surface area contributed by atoms with Crippen LogP contribution < -0.4 is 4.72 Å². The summed E-state index contributed by atoms with van der Waals surface area (Å²) in [7, 11) is -3.62. The number of sulfonamides is 1. The zero-order valence-corrected chi connectivity index (χ0v) is 12.9. The summed E-state index contributed by atoms with van der Waals surface area (Å²) in [6, 6.07) is 6.64. The van der Waals surface area contributed by atoms with Gasteiger partial charge in [0.25, 0.3) is 10.0 Å². The van der Waals surface area contributed by atoms with Crippen LogP contribution in [0, 0.1) is 6.92 Å². The van der Waals surface area contributed by atoms with Gasteiger partial charge >= 0.3 is 5.97 Å². The molecule has 0 amide bonds. The van der Waals surface area contributed by atoms with Crippen LogP contribution >= 0.6 is 11.3 Å². The topological polar surface area (TPSA) is 96.4 Å². The van der Waals surface area contributed by atoms with Crippen LogP contribution in [0.5, 0.6) is 0 Å². The van der Waals surface area contributed by atoms with E-state index in [1.807, 2.05) is 0 Å². The van der Waals surface area contributed by atoms with E-state index in [1.165, 1.54) is 6.20 Å². The average Bonchev–Trinajstić information content (AvgIpc) is 2.85. The number of thiazole rings is 1. The molecule has 0 saturated carbocycles. The molecule has 0 saturated heterocycles. The number of carbonyl (C=O) groups is 1. The average molecular weight is 326 g/mol. The van der Waals surface area contributed by atoms with E-state index in [1.54, 1.807) is 31.2 Å². The van der Waals surface area contributed by atoms with Crippen molar-refractivity contribution in [2.24, 2.45) is 0 Å². The van der Waals surface area contributed by atoms with Gasteiger partial charge in [-0.05, 0) is 31.0 Å². The van der Waals surface area contributed by atoms with Crippen molar-refractivity contribution < 1.29 is 18.3 Å². The second kappa shape index (κ2) is 6.23. The number of hydrogen-bond donors (Lipinski definition) is 2. The van der Waals surface area contributed by atoms with Crippen LogP contribution in [0.3, 0.4) is 0 Å². The third-order valence-electron chi connectivity index (χ3n) is 2.70. The Labute approximate surface area is 126 Å². The van der Waals surface area contributed by atoms with Gasteiger partial charge in [-0.25, -0.2) is 13.4 Å². The van der Waals surface area contributed by atoms with E-state index in [-0.39, 0.29) is 10.6 Å². The lowest BCUT2D eigenvalue weighted by Crippen LogP contribution is -2.11. The molecule has 1 aromatic carbocycles. The summed E-state index contributed by atoms with van der Waals surface area (Å²) in [4.78, 5) is 14.4. The summed E-state index contributed by atoms with van der Waals surface area (Å²) in [5, 5.41) is 9.29. The molecule has 112 valence electrons. The Balaban J connectivity index is 2.08. The van der Waals surface area contributed by atoms with Gasteiger partial charge in [0.2, 0.25) is 0 Å². The van der Waals surface area contributed by atoms with Crippen molar-refractivity contribution >= 4 is 33.0 Å². The fraction of sp³-hybridized carbons (Fsp3) is 0.231. The molecule has 0 spiro atoms. The molecular weight excluding hydrogens is 312 g/mol. The highest BCUT2D eigenvalue weighted by atomic mass is 32.2. The highest BCUT2D eigenvalue weighted by Gasteiger charge is 2.17. The van der Waals surface area contributed by atoms with Gasteiger partial charge < -0.3 is 5.11 Å². The van der Waals surface area contributed by atoms with Gasteiger partial charge in [0.05, 0.1) is 11.2 Å². The van der Waals surface area contributed by atoms with Crippen molar-refractivity contribution in [3.63, 3.8) is 0 Å². The zero-order chi connectivity index (χ0) is 15.5. The maximum absolute atomic E-state index is 12.1. The summed E-state index contributed by atoms with van der Waals surface area (Å²) in [6.07, 6.45) is 1.78. The molecule has 21 heavy (non-hydrogen) atoms. The minimum absolute atomic E-state index is 0.0468. The lowest BCUT2D eigenvalue weighted by molar-refractivity contribution is -0.136. The Morgan fingerprint density at radius 3 is 2.52 bits per heavy atom. The monoisotopic (exact) mass is 326 g/mol. The zero-order valence-electron chi connectivity index (χ0n) is 11.2. The van der Waals surface area contributed by atoms with Gasteiger partial charge in [-0.2, -0.15) is 0 Å². The maximum atomic E-state index is 12.1. The maximum Gasteiger partial charge on any atom is 0.303 e. The number of aromatic nitrogens is 1. The molecule has 0 radical (unpaired) electrons. The first-order chi connectivity index (χ1) is 9.87. The van der Waals surface area contributed by atoms with Gasteiger partial charge in [-0.15, -0.1) is 11.3 Å². The molecule has 6 nitrogen and oxygen atoms in total. The Bertz CT molecular complexity index is 736. The molecular formula is C13H14N2O4S2. The summed E-state index contributed by atoms with van der Waals surface area (Å²) >= 11 is 1.10. The molecule has 0 fully saturated rings. The summed E-state index contributed by atoms with van der Waals surface area (Å²) in [5.74, 6) is -0.861. The lowest BCUT2D eigenvalue weighted by Gasteiger charge is -2.06. The van der Waals surface area contributed by atoms with Crippen LogP contribution in [0.4, 0.5) is 5.69 Å². The molecule has 2 aromatic rings. The third-order valence-corrected chi connectivity index (χ3v) is 5.45. The second-order valence-electron chi connectivity index (χ2n) is 4.39.